The first-order valence-electron chi connectivity index (χ1n) is 11.1. The van der Waals surface area contributed by atoms with Crippen LogP contribution in [0.15, 0.2) is 16.7 Å². The zero-order chi connectivity index (χ0) is 22.9. The number of aromatic nitrogens is 3. The molecule has 1 atom stereocenters. The highest BCUT2D eigenvalue weighted by Gasteiger charge is 2.42. The maximum absolute atomic E-state index is 12.7. The van der Waals surface area contributed by atoms with Crippen molar-refractivity contribution < 1.29 is 24.1 Å². The summed E-state index contributed by atoms with van der Waals surface area (Å²) in [6.07, 6.45) is 3.77. The number of anilines is 1. The minimum Gasteiger partial charge on any atom is -0.474 e. The van der Waals surface area contributed by atoms with E-state index in [9.17, 15) is 9.90 Å². The van der Waals surface area contributed by atoms with E-state index in [1.165, 1.54) is 4.90 Å². The first-order chi connectivity index (χ1) is 15.3. The fourth-order valence-electron chi connectivity index (χ4n) is 4.79. The molecule has 0 saturated carbocycles. The van der Waals surface area contributed by atoms with Gasteiger partial charge < -0.3 is 19.3 Å². The molecule has 0 radical (unpaired) electrons. The Labute approximate surface area is 196 Å². The molecule has 0 aromatic carbocycles. The van der Waals surface area contributed by atoms with E-state index in [4.69, 9.17) is 14.2 Å². The Bertz CT molecular complexity index is 948. The summed E-state index contributed by atoms with van der Waals surface area (Å²) < 4.78 is 19.4. The highest BCUT2D eigenvalue weighted by atomic mass is 79.9. The molecule has 4 heterocycles. The molecule has 0 spiro atoms. The monoisotopic (exact) mass is 510 g/mol. The van der Waals surface area contributed by atoms with Gasteiger partial charge in [0, 0.05) is 38.2 Å². The average Bonchev–Trinajstić information content (AvgIpc) is 3.12. The Hall–Kier alpha value is -1.91. The lowest BCUT2D eigenvalue weighted by molar-refractivity contribution is 0.0237. The molecular weight excluding hydrogens is 480 g/mol. The number of hydrogen-bond donors (Lipinski definition) is 1. The molecule has 10 heteroatoms. The molecule has 2 saturated heterocycles. The second-order valence-corrected chi connectivity index (χ2v) is 10.4. The third-order valence-corrected chi connectivity index (χ3v) is 6.73. The quantitative estimate of drug-likeness (QED) is 0.637. The maximum Gasteiger partial charge on any atom is 0.413 e. The summed E-state index contributed by atoms with van der Waals surface area (Å²) in [6, 6.07) is 1.43. The number of halogens is 1. The molecule has 2 aromatic rings. The van der Waals surface area contributed by atoms with Crippen LogP contribution >= 0.6 is 15.9 Å². The summed E-state index contributed by atoms with van der Waals surface area (Å²) in [5, 5.41) is 14.9. The molecule has 2 aliphatic heterocycles. The van der Waals surface area contributed by atoms with Crippen LogP contribution < -0.4 is 9.64 Å². The molecule has 1 N–H and O–H groups in total. The zero-order valence-corrected chi connectivity index (χ0v) is 20.4. The molecule has 4 rings (SSSR count). The summed E-state index contributed by atoms with van der Waals surface area (Å²) in [7, 11) is 0. The molecule has 1 amide bonds. The number of ether oxygens (including phenoxy) is 3. The van der Waals surface area contributed by atoms with Crippen LogP contribution in [-0.4, -0.2) is 64.4 Å². The second kappa shape index (κ2) is 9.52. The topological polar surface area (TPSA) is 98.4 Å². The van der Waals surface area contributed by atoms with Gasteiger partial charge in [-0.25, -0.2) is 4.79 Å². The van der Waals surface area contributed by atoms with E-state index in [0.717, 1.165) is 25.7 Å². The standard InChI is InChI=1S/C22H31BrN4O5/c1-22(2,3)19(14-4-8-30-9-5-14)26(21(28)29)18-12-17(32-15-6-10-31-11-7-15)25-20-16(23)13-24-27(18)20/h12-15,19H,4-11H2,1-3H3,(H,28,29). The van der Waals surface area contributed by atoms with Crippen molar-refractivity contribution in [1.29, 1.82) is 0 Å². The normalized spacial score (nSPS) is 19.8. The fraction of sp³-hybridized carbons (Fsp3) is 0.682. The minimum absolute atomic E-state index is 0.0135. The van der Waals surface area contributed by atoms with E-state index in [2.05, 4.69) is 46.8 Å². The summed E-state index contributed by atoms with van der Waals surface area (Å²) in [5.41, 5.74) is 0.220. The van der Waals surface area contributed by atoms with Crippen LogP contribution in [0.25, 0.3) is 5.65 Å². The van der Waals surface area contributed by atoms with Gasteiger partial charge in [-0.3, -0.25) is 4.90 Å². The van der Waals surface area contributed by atoms with Crippen molar-refractivity contribution in [2.24, 2.45) is 11.3 Å². The zero-order valence-electron chi connectivity index (χ0n) is 18.8. The Kier molecular flexibility index (Phi) is 6.92. The lowest BCUT2D eigenvalue weighted by Gasteiger charge is -2.44. The number of amides is 1. The van der Waals surface area contributed by atoms with Crippen LogP contribution in [0.2, 0.25) is 0 Å². The van der Waals surface area contributed by atoms with E-state index in [0.29, 0.717) is 48.2 Å². The molecule has 32 heavy (non-hydrogen) atoms. The number of hydrogen-bond acceptors (Lipinski definition) is 6. The summed E-state index contributed by atoms with van der Waals surface area (Å²) in [6.45, 7) is 8.82. The summed E-state index contributed by atoms with van der Waals surface area (Å²) in [4.78, 5) is 18.8. The van der Waals surface area contributed by atoms with Crippen molar-refractivity contribution in [2.45, 2.75) is 58.6 Å². The molecule has 9 nitrogen and oxygen atoms in total. The predicted octanol–water partition coefficient (Wildman–Crippen LogP) is 4.38. The summed E-state index contributed by atoms with van der Waals surface area (Å²) in [5.74, 6) is 0.995. The van der Waals surface area contributed by atoms with Crippen LogP contribution in [0.5, 0.6) is 5.88 Å². The van der Waals surface area contributed by atoms with Crippen LogP contribution in [0.4, 0.5) is 10.6 Å². The van der Waals surface area contributed by atoms with E-state index < -0.39 is 6.09 Å². The van der Waals surface area contributed by atoms with Crippen molar-refractivity contribution in [1.82, 2.24) is 14.6 Å². The molecule has 176 valence electrons. The van der Waals surface area contributed by atoms with Gasteiger partial charge in [0.25, 0.3) is 0 Å². The second-order valence-electron chi connectivity index (χ2n) is 9.52. The first kappa shape index (κ1) is 23.3. The van der Waals surface area contributed by atoms with Gasteiger partial charge in [-0.2, -0.15) is 14.6 Å². The van der Waals surface area contributed by atoms with Gasteiger partial charge in [0.1, 0.15) is 11.9 Å². The molecule has 2 aliphatic rings. The van der Waals surface area contributed by atoms with Crippen molar-refractivity contribution >= 4 is 33.5 Å². The van der Waals surface area contributed by atoms with Crippen molar-refractivity contribution in [2.75, 3.05) is 31.3 Å². The van der Waals surface area contributed by atoms with E-state index >= 15 is 0 Å². The number of carbonyl (C=O) groups is 1. The predicted molar refractivity (Wildman–Crippen MR) is 122 cm³/mol. The largest absolute Gasteiger partial charge is 0.474 e. The van der Waals surface area contributed by atoms with Gasteiger partial charge in [0.05, 0.1) is 23.9 Å². The number of nitrogens with zero attached hydrogens (tertiary/aromatic N) is 4. The van der Waals surface area contributed by atoms with Crippen molar-refractivity contribution in [3.63, 3.8) is 0 Å². The van der Waals surface area contributed by atoms with Crippen LogP contribution in [0.3, 0.4) is 0 Å². The Morgan fingerprint density at radius 3 is 2.44 bits per heavy atom. The third kappa shape index (κ3) is 4.87. The fourth-order valence-corrected chi connectivity index (χ4v) is 5.14. The van der Waals surface area contributed by atoms with Crippen LogP contribution in [0, 0.1) is 11.3 Å². The van der Waals surface area contributed by atoms with Crippen molar-refractivity contribution in [3.8, 4) is 5.88 Å². The lowest BCUT2D eigenvalue weighted by Crippen LogP contribution is -2.53. The maximum atomic E-state index is 12.7. The number of carboxylic acid groups (broad SMARTS) is 1. The highest BCUT2D eigenvalue weighted by Crippen LogP contribution is 2.39. The van der Waals surface area contributed by atoms with Gasteiger partial charge in [0.15, 0.2) is 5.65 Å². The van der Waals surface area contributed by atoms with Gasteiger partial charge in [-0.05, 0) is 40.1 Å². The Balaban J connectivity index is 1.80. The van der Waals surface area contributed by atoms with E-state index in [-0.39, 0.29) is 23.5 Å². The smallest absolute Gasteiger partial charge is 0.413 e. The average molecular weight is 511 g/mol. The van der Waals surface area contributed by atoms with E-state index in [1.54, 1.807) is 16.8 Å². The van der Waals surface area contributed by atoms with Gasteiger partial charge in [0.2, 0.25) is 5.88 Å². The minimum atomic E-state index is -1.02. The Morgan fingerprint density at radius 2 is 1.84 bits per heavy atom. The molecule has 0 bridgehead atoms. The molecule has 0 aliphatic carbocycles. The molecule has 1 unspecified atom stereocenters. The highest BCUT2D eigenvalue weighted by molar-refractivity contribution is 9.10. The first-order valence-corrected chi connectivity index (χ1v) is 11.9. The molecular formula is C22H31BrN4O5. The number of rotatable bonds is 5. The molecule has 2 aromatic heterocycles. The van der Waals surface area contributed by atoms with Gasteiger partial charge in [-0.15, -0.1) is 0 Å². The Morgan fingerprint density at radius 1 is 1.22 bits per heavy atom. The third-order valence-electron chi connectivity index (χ3n) is 6.17. The molecule has 2 fully saturated rings. The number of fused-ring (bicyclic) bond motifs is 1. The van der Waals surface area contributed by atoms with Crippen molar-refractivity contribution in [3.05, 3.63) is 16.7 Å². The van der Waals surface area contributed by atoms with Gasteiger partial charge in [-0.1, -0.05) is 20.8 Å². The SMILES string of the molecule is CC(C)(C)C(C1CCOCC1)N(C(=O)O)c1cc(OC2CCOCC2)nc2c(Br)cnn12. The van der Waals surface area contributed by atoms with Gasteiger partial charge >= 0.3 is 6.09 Å². The van der Waals surface area contributed by atoms with Crippen LogP contribution in [0.1, 0.15) is 46.5 Å². The summed E-state index contributed by atoms with van der Waals surface area (Å²) >= 11 is 3.50. The van der Waals surface area contributed by atoms with E-state index in [1.807, 2.05) is 0 Å². The van der Waals surface area contributed by atoms with Crippen LogP contribution in [-0.2, 0) is 9.47 Å². The lowest BCUT2D eigenvalue weighted by atomic mass is 9.75.